The zero-order valence-corrected chi connectivity index (χ0v) is 8.65. The number of ether oxygens (including phenoxy) is 1. The number of aryl methyl sites for hydroxylation is 1. The van der Waals surface area contributed by atoms with Crippen LogP contribution in [0.1, 0.15) is 16.1 Å². The molecule has 0 aliphatic rings. The van der Waals surface area contributed by atoms with E-state index in [1.54, 1.807) is 13.2 Å². The first kappa shape index (κ1) is 9.65. The van der Waals surface area contributed by atoms with Crippen LogP contribution in [0.3, 0.4) is 0 Å². The smallest absolute Gasteiger partial charge is 0.168 e. The number of para-hydroxylation sites is 1. The highest BCUT2D eigenvalue weighted by Crippen LogP contribution is 2.25. The van der Waals surface area contributed by atoms with Crippen LogP contribution in [0.2, 0.25) is 0 Å². The van der Waals surface area contributed by atoms with Crippen LogP contribution in [0.25, 0.3) is 10.9 Å². The fourth-order valence-electron chi connectivity index (χ4n) is 1.64. The summed E-state index contributed by atoms with van der Waals surface area (Å²) in [5, 5.41) is 1.01. The second-order valence-corrected chi connectivity index (χ2v) is 3.34. The number of nitrogens with zero attached hydrogens (tertiary/aromatic N) is 1. The van der Waals surface area contributed by atoms with Gasteiger partial charge in [-0.15, -0.1) is 0 Å². The summed E-state index contributed by atoms with van der Waals surface area (Å²) in [5.41, 5.74) is 2.20. The molecule has 0 radical (unpaired) electrons. The summed E-state index contributed by atoms with van der Waals surface area (Å²) in [4.78, 5) is 14.9. The van der Waals surface area contributed by atoms with Crippen molar-refractivity contribution in [1.29, 1.82) is 0 Å². The minimum atomic E-state index is 0.435. The van der Waals surface area contributed by atoms with Crippen LogP contribution in [0, 0.1) is 6.92 Å². The number of aromatic nitrogens is 1. The van der Waals surface area contributed by atoms with E-state index >= 15 is 0 Å². The lowest BCUT2D eigenvalue weighted by Crippen LogP contribution is -1.93. The minimum Gasteiger partial charge on any atom is -0.494 e. The van der Waals surface area contributed by atoms with Gasteiger partial charge in [-0.3, -0.25) is 4.79 Å². The summed E-state index contributed by atoms with van der Waals surface area (Å²) in [5.74, 6) is 0.694. The highest BCUT2D eigenvalue weighted by atomic mass is 16.5. The Morgan fingerprint density at radius 1 is 1.40 bits per heavy atom. The maximum Gasteiger partial charge on any atom is 0.168 e. The normalized spacial score (nSPS) is 10.3. The third kappa shape index (κ3) is 1.56. The molecule has 0 saturated heterocycles. The molecule has 76 valence electrons. The molecule has 3 nitrogen and oxygen atoms in total. The van der Waals surface area contributed by atoms with Gasteiger partial charge < -0.3 is 4.74 Å². The fourth-order valence-corrected chi connectivity index (χ4v) is 1.64. The largest absolute Gasteiger partial charge is 0.494 e. The third-order valence-corrected chi connectivity index (χ3v) is 2.37. The van der Waals surface area contributed by atoms with Crippen LogP contribution < -0.4 is 4.74 Å². The van der Waals surface area contributed by atoms with Gasteiger partial charge in [-0.25, -0.2) is 4.98 Å². The Hall–Kier alpha value is -1.90. The van der Waals surface area contributed by atoms with Crippen molar-refractivity contribution in [1.82, 2.24) is 4.98 Å². The van der Waals surface area contributed by atoms with Gasteiger partial charge in [-0.1, -0.05) is 12.1 Å². The zero-order chi connectivity index (χ0) is 10.8. The van der Waals surface area contributed by atoms with Crippen molar-refractivity contribution < 1.29 is 9.53 Å². The van der Waals surface area contributed by atoms with E-state index < -0.39 is 0 Å². The summed E-state index contributed by atoms with van der Waals surface area (Å²) in [6.07, 6.45) is 0.749. The summed E-state index contributed by atoms with van der Waals surface area (Å²) >= 11 is 0. The molecule has 1 aromatic heterocycles. The first-order valence-corrected chi connectivity index (χ1v) is 4.66. The SMILES string of the molecule is COc1cccc2c(C)cc(C=O)nc12. The maximum absolute atomic E-state index is 10.7. The van der Waals surface area contributed by atoms with Crippen molar-refractivity contribution in [3.8, 4) is 5.75 Å². The number of fused-ring (bicyclic) bond motifs is 1. The van der Waals surface area contributed by atoms with E-state index in [2.05, 4.69) is 4.98 Å². The molecule has 2 rings (SSSR count). The number of methoxy groups -OCH3 is 1. The monoisotopic (exact) mass is 201 g/mol. The molecular weight excluding hydrogens is 190 g/mol. The van der Waals surface area contributed by atoms with Crippen molar-refractivity contribution in [3.63, 3.8) is 0 Å². The molecule has 0 aliphatic carbocycles. The van der Waals surface area contributed by atoms with E-state index in [1.165, 1.54) is 0 Å². The van der Waals surface area contributed by atoms with Crippen LogP contribution in [0.4, 0.5) is 0 Å². The summed E-state index contributed by atoms with van der Waals surface area (Å²) in [6, 6.07) is 7.49. The minimum absolute atomic E-state index is 0.435. The quantitative estimate of drug-likeness (QED) is 0.700. The van der Waals surface area contributed by atoms with Gasteiger partial charge in [0, 0.05) is 5.39 Å². The van der Waals surface area contributed by atoms with E-state index in [9.17, 15) is 4.79 Å². The Morgan fingerprint density at radius 3 is 2.87 bits per heavy atom. The van der Waals surface area contributed by atoms with Gasteiger partial charge in [0.25, 0.3) is 0 Å². The molecule has 15 heavy (non-hydrogen) atoms. The standard InChI is InChI=1S/C12H11NO2/c1-8-6-9(7-14)13-12-10(8)4-3-5-11(12)15-2/h3-7H,1-2H3. The Balaban J connectivity index is 2.85. The molecule has 1 aromatic carbocycles. The molecule has 0 aliphatic heterocycles. The molecule has 0 spiro atoms. The Labute approximate surface area is 87.7 Å². The molecule has 0 bridgehead atoms. The van der Waals surface area contributed by atoms with E-state index in [4.69, 9.17) is 4.74 Å². The predicted molar refractivity (Wildman–Crippen MR) is 58.4 cm³/mol. The Kier molecular flexibility index (Phi) is 2.37. The summed E-state index contributed by atoms with van der Waals surface area (Å²) in [6.45, 7) is 1.95. The highest BCUT2D eigenvalue weighted by Gasteiger charge is 2.06. The van der Waals surface area contributed by atoms with Gasteiger partial charge in [0.1, 0.15) is 17.0 Å². The van der Waals surface area contributed by atoms with Crippen LogP contribution in [0.5, 0.6) is 5.75 Å². The van der Waals surface area contributed by atoms with Crippen molar-refractivity contribution in [3.05, 3.63) is 35.5 Å². The average molecular weight is 201 g/mol. The fraction of sp³-hybridized carbons (Fsp3) is 0.167. The second kappa shape index (κ2) is 3.69. The van der Waals surface area contributed by atoms with E-state index in [0.29, 0.717) is 11.4 Å². The van der Waals surface area contributed by atoms with Gasteiger partial charge in [0.2, 0.25) is 0 Å². The first-order valence-electron chi connectivity index (χ1n) is 4.66. The van der Waals surface area contributed by atoms with Crippen molar-refractivity contribution in [2.75, 3.05) is 7.11 Å². The lowest BCUT2D eigenvalue weighted by atomic mass is 10.1. The molecule has 2 aromatic rings. The lowest BCUT2D eigenvalue weighted by Gasteiger charge is -2.06. The molecular formula is C12H11NO2. The number of hydrogen-bond acceptors (Lipinski definition) is 3. The number of carbonyl (C=O) groups is 1. The van der Waals surface area contributed by atoms with Gasteiger partial charge >= 0.3 is 0 Å². The van der Waals surface area contributed by atoms with Gasteiger partial charge in [-0.2, -0.15) is 0 Å². The number of aldehydes is 1. The molecule has 0 fully saturated rings. The zero-order valence-electron chi connectivity index (χ0n) is 8.65. The lowest BCUT2D eigenvalue weighted by molar-refractivity contribution is 0.111. The van der Waals surface area contributed by atoms with E-state index in [-0.39, 0.29) is 0 Å². The summed E-state index contributed by atoms with van der Waals surface area (Å²) < 4.78 is 5.20. The molecule has 0 atom stereocenters. The van der Waals surface area contributed by atoms with Crippen LogP contribution >= 0.6 is 0 Å². The Bertz CT molecular complexity index is 520. The number of pyridine rings is 1. The Morgan fingerprint density at radius 2 is 2.20 bits per heavy atom. The molecule has 0 amide bonds. The van der Waals surface area contributed by atoms with Crippen molar-refractivity contribution in [2.24, 2.45) is 0 Å². The molecule has 0 saturated carbocycles. The average Bonchev–Trinajstić information content (AvgIpc) is 2.28. The van der Waals surface area contributed by atoms with Crippen LogP contribution in [0.15, 0.2) is 24.3 Å². The van der Waals surface area contributed by atoms with Crippen LogP contribution in [-0.2, 0) is 0 Å². The number of rotatable bonds is 2. The van der Waals surface area contributed by atoms with Gasteiger partial charge in [-0.05, 0) is 24.6 Å². The summed E-state index contributed by atoms with van der Waals surface area (Å²) in [7, 11) is 1.60. The highest BCUT2D eigenvalue weighted by molar-refractivity contribution is 5.90. The second-order valence-electron chi connectivity index (χ2n) is 3.34. The van der Waals surface area contributed by atoms with Gasteiger partial charge in [0.15, 0.2) is 6.29 Å². The molecule has 0 N–H and O–H groups in total. The maximum atomic E-state index is 10.7. The molecule has 1 heterocycles. The molecule has 0 unspecified atom stereocenters. The topological polar surface area (TPSA) is 39.2 Å². The third-order valence-electron chi connectivity index (χ3n) is 2.37. The van der Waals surface area contributed by atoms with E-state index in [0.717, 1.165) is 22.8 Å². The van der Waals surface area contributed by atoms with Gasteiger partial charge in [0.05, 0.1) is 7.11 Å². The van der Waals surface area contributed by atoms with Crippen LogP contribution in [-0.4, -0.2) is 18.4 Å². The number of benzene rings is 1. The van der Waals surface area contributed by atoms with Crippen molar-refractivity contribution in [2.45, 2.75) is 6.92 Å². The number of carbonyl (C=O) groups excluding carboxylic acids is 1. The predicted octanol–water partition coefficient (Wildman–Crippen LogP) is 2.36. The van der Waals surface area contributed by atoms with Crippen molar-refractivity contribution >= 4 is 17.2 Å². The van der Waals surface area contributed by atoms with E-state index in [1.807, 2.05) is 25.1 Å². The molecule has 3 heteroatoms. The number of hydrogen-bond donors (Lipinski definition) is 0. The first-order chi connectivity index (χ1) is 7.26.